The number of hydrogen-bond acceptors (Lipinski definition) is 2. The summed E-state index contributed by atoms with van der Waals surface area (Å²) in [5.41, 5.74) is -0.335. The Morgan fingerprint density at radius 3 is 2.46 bits per heavy atom. The molecular formula is C11H21NO. The highest BCUT2D eigenvalue weighted by atomic mass is 16.3. The molecule has 0 radical (unpaired) electrons. The van der Waals surface area contributed by atoms with Crippen molar-refractivity contribution in [3.8, 4) is 0 Å². The number of hydrogen-bond donors (Lipinski definition) is 1. The van der Waals surface area contributed by atoms with E-state index in [-0.39, 0.29) is 5.60 Å². The topological polar surface area (TPSA) is 23.5 Å². The number of likely N-dealkylation sites (tertiary alicyclic amines) is 1. The van der Waals surface area contributed by atoms with Crippen LogP contribution in [0.15, 0.2) is 0 Å². The van der Waals surface area contributed by atoms with Crippen molar-refractivity contribution in [1.82, 2.24) is 4.90 Å². The van der Waals surface area contributed by atoms with Crippen LogP contribution in [0.3, 0.4) is 0 Å². The fourth-order valence-corrected chi connectivity index (χ4v) is 2.70. The fraction of sp³-hybridized carbons (Fsp3) is 1.00. The third kappa shape index (κ3) is 2.05. The molecule has 1 aliphatic carbocycles. The highest BCUT2D eigenvalue weighted by Gasteiger charge is 2.39. The summed E-state index contributed by atoms with van der Waals surface area (Å²) < 4.78 is 0. The molecule has 1 saturated carbocycles. The van der Waals surface area contributed by atoms with Crippen LogP contribution in [0.5, 0.6) is 0 Å². The van der Waals surface area contributed by atoms with Crippen molar-refractivity contribution in [1.29, 1.82) is 0 Å². The van der Waals surface area contributed by atoms with E-state index in [2.05, 4.69) is 11.8 Å². The smallest absolute Gasteiger partial charge is 0.0897 e. The molecule has 2 fully saturated rings. The molecule has 1 aliphatic heterocycles. The molecule has 76 valence electrons. The average Bonchev–Trinajstić information content (AvgIpc) is 2.54. The summed E-state index contributed by atoms with van der Waals surface area (Å²) in [6.07, 6.45) is 6.60. The van der Waals surface area contributed by atoms with Gasteiger partial charge in [-0.05, 0) is 25.2 Å². The van der Waals surface area contributed by atoms with Crippen molar-refractivity contribution >= 4 is 0 Å². The predicted octanol–water partition coefficient (Wildman–Crippen LogP) is 1.63. The minimum atomic E-state index is -0.335. The maximum atomic E-state index is 9.82. The van der Waals surface area contributed by atoms with E-state index < -0.39 is 0 Å². The molecule has 1 heterocycles. The lowest BCUT2D eigenvalue weighted by molar-refractivity contribution is -0.104. The van der Waals surface area contributed by atoms with Crippen molar-refractivity contribution in [2.75, 3.05) is 19.6 Å². The molecule has 0 amide bonds. The van der Waals surface area contributed by atoms with Crippen LogP contribution >= 0.6 is 0 Å². The van der Waals surface area contributed by atoms with E-state index in [1.807, 2.05) is 0 Å². The Kier molecular flexibility index (Phi) is 2.61. The molecule has 1 N–H and O–H groups in total. The lowest BCUT2D eigenvalue weighted by Crippen LogP contribution is -2.62. The summed E-state index contributed by atoms with van der Waals surface area (Å²) in [5, 5.41) is 9.82. The van der Waals surface area contributed by atoms with Crippen molar-refractivity contribution < 1.29 is 5.11 Å². The summed E-state index contributed by atoms with van der Waals surface area (Å²) in [7, 11) is 0. The standard InChI is InChI=1S/C11H21NO/c1-2-11(13)8-12(9-11)7-10-5-3-4-6-10/h10,13H,2-9H2,1H3. The Hall–Kier alpha value is -0.0800. The Labute approximate surface area is 80.9 Å². The van der Waals surface area contributed by atoms with Gasteiger partial charge in [0.25, 0.3) is 0 Å². The Morgan fingerprint density at radius 1 is 1.31 bits per heavy atom. The first-order valence-corrected chi connectivity index (χ1v) is 5.66. The average molecular weight is 183 g/mol. The van der Waals surface area contributed by atoms with Gasteiger partial charge in [-0.2, -0.15) is 0 Å². The highest BCUT2D eigenvalue weighted by molar-refractivity contribution is 4.95. The lowest BCUT2D eigenvalue weighted by Gasteiger charge is -2.47. The van der Waals surface area contributed by atoms with Gasteiger partial charge in [-0.25, -0.2) is 0 Å². The zero-order valence-corrected chi connectivity index (χ0v) is 8.63. The molecule has 2 nitrogen and oxygen atoms in total. The van der Waals surface area contributed by atoms with Gasteiger partial charge in [0.1, 0.15) is 0 Å². The van der Waals surface area contributed by atoms with Crippen LogP contribution < -0.4 is 0 Å². The van der Waals surface area contributed by atoms with E-state index in [1.54, 1.807) is 0 Å². The monoisotopic (exact) mass is 183 g/mol. The Bertz CT molecular complexity index is 169. The molecule has 0 aromatic rings. The predicted molar refractivity (Wildman–Crippen MR) is 53.6 cm³/mol. The van der Waals surface area contributed by atoms with E-state index in [1.165, 1.54) is 32.2 Å². The van der Waals surface area contributed by atoms with Crippen molar-refractivity contribution in [2.24, 2.45) is 5.92 Å². The second-order valence-corrected chi connectivity index (χ2v) is 4.90. The van der Waals surface area contributed by atoms with Crippen LogP contribution in [0, 0.1) is 5.92 Å². The SMILES string of the molecule is CCC1(O)CN(CC2CCCC2)C1. The van der Waals surface area contributed by atoms with E-state index in [0.29, 0.717) is 0 Å². The normalized spacial score (nSPS) is 29.1. The molecule has 0 aromatic heterocycles. The molecule has 13 heavy (non-hydrogen) atoms. The van der Waals surface area contributed by atoms with Gasteiger partial charge >= 0.3 is 0 Å². The van der Waals surface area contributed by atoms with Crippen LogP contribution in [-0.4, -0.2) is 35.2 Å². The van der Waals surface area contributed by atoms with Gasteiger partial charge in [-0.3, -0.25) is 4.90 Å². The molecule has 0 bridgehead atoms. The van der Waals surface area contributed by atoms with Gasteiger partial charge in [0.2, 0.25) is 0 Å². The molecule has 0 atom stereocenters. The fourth-order valence-electron chi connectivity index (χ4n) is 2.70. The molecular weight excluding hydrogens is 162 g/mol. The summed E-state index contributed by atoms with van der Waals surface area (Å²) in [4.78, 5) is 2.42. The largest absolute Gasteiger partial charge is 0.387 e. The zero-order valence-electron chi connectivity index (χ0n) is 8.63. The third-order valence-electron chi connectivity index (χ3n) is 3.69. The van der Waals surface area contributed by atoms with Crippen LogP contribution in [0.2, 0.25) is 0 Å². The van der Waals surface area contributed by atoms with E-state index in [0.717, 1.165) is 25.4 Å². The maximum absolute atomic E-state index is 9.82. The van der Waals surface area contributed by atoms with Crippen molar-refractivity contribution in [3.05, 3.63) is 0 Å². The van der Waals surface area contributed by atoms with Gasteiger partial charge in [-0.1, -0.05) is 19.8 Å². The lowest BCUT2D eigenvalue weighted by atomic mass is 9.90. The molecule has 2 heteroatoms. The van der Waals surface area contributed by atoms with E-state index in [4.69, 9.17) is 0 Å². The maximum Gasteiger partial charge on any atom is 0.0897 e. The molecule has 2 rings (SSSR count). The number of β-amino-alcohol motifs (C(OH)–C–C–N with tert-alkyl or cyclic N) is 1. The number of nitrogens with zero attached hydrogens (tertiary/aromatic N) is 1. The third-order valence-corrected chi connectivity index (χ3v) is 3.69. The first kappa shape index (κ1) is 9.47. The minimum Gasteiger partial charge on any atom is -0.387 e. The molecule has 1 saturated heterocycles. The van der Waals surface area contributed by atoms with Crippen molar-refractivity contribution in [2.45, 2.75) is 44.6 Å². The number of aliphatic hydroxyl groups is 1. The highest BCUT2D eigenvalue weighted by Crippen LogP contribution is 2.30. The molecule has 0 spiro atoms. The van der Waals surface area contributed by atoms with Crippen LogP contribution in [0.4, 0.5) is 0 Å². The molecule has 0 aromatic carbocycles. The van der Waals surface area contributed by atoms with Gasteiger partial charge in [-0.15, -0.1) is 0 Å². The Morgan fingerprint density at radius 2 is 1.92 bits per heavy atom. The first-order chi connectivity index (χ1) is 6.22. The Balaban J connectivity index is 1.68. The van der Waals surface area contributed by atoms with Crippen LogP contribution in [0.25, 0.3) is 0 Å². The van der Waals surface area contributed by atoms with Gasteiger partial charge in [0, 0.05) is 19.6 Å². The summed E-state index contributed by atoms with van der Waals surface area (Å²) in [5.74, 6) is 0.932. The first-order valence-electron chi connectivity index (χ1n) is 5.66. The van der Waals surface area contributed by atoms with Crippen LogP contribution in [0.1, 0.15) is 39.0 Å². The van der Waals surface area contributed by atoms with Gasteiger partial charge in [0.05, 0.1) is 5.60 Å². The zero-order chi connectivity index (χ0) is 9.31. The van der Waals surface area contributed by atoms with E-state index >= 15 is 0 Å². The summed E-state index contributed by atoms with van der Waals surface area (Å²) >= 11 is 0. The van der Waals surface area contributed by atoms with Crippen molar-refractivity contribution in [3.63, 3.8) is 0 Å². The molecule has 0 unspecified atom stereocenters. The molecule has 2 aliphatic rings. The quantitative estimate of drug-likeness (QED) is 0.719. The van der Waals surface area contributed by atoms with Gasteiger partial charge in [0.15, 0.2) is 0 Å². The number of rotatable bonds is 3. The van der Waals surface area contributed by atoms with Gasteiger partial charge < -0.3 is 5.11 Å². The minimum absolute atomic E-state index is 0.335. The summed E-state index contributed by atoms with van der Waals surface area (Å²) in [6.45, 7) is 5.15. The van der Waals surface area contributed by atoms with Crippen LogP contribution in [-0.2, 0) is 0 Å². The second kappa shape index (κ2) is 3.58. The van der Waals surface area contributed by atoms with E-state index in [9.17, 15) is 5.11 Å². The second-order valence-electron chi connectivity index (χ2n) is 4.90. The summed E-state index contributed by atoms with van der Waals surface area (Å²) in [6, 6.07) is 0.